The first-order chi connectivity index (χ1) is 12.2. The normalized spacial score (nSPS) is 11.3. The van der Waals surface area contributed by atoms with E-state index >= 15 is 0 Å². The number of amides is 1. The van der Waals surface area contributed by atoms with Crippen molar-refractivity contribution in [2.24, 2.45) is 0 Å². The summed E-state index contributed by atoms with van der Waals surface area (Å²) in [6, 6.07) is 13.2. The molecule has 1 heterocycles. The van der Waals surface area contributed by atoms with Crippen molar-refractivity contribution in [3.63, 3.8) is 0 Å². The highest BCUT2D eigenvalue weighted by molar-refractivity contribution is 7.90. The minimum absolute atomic E-state index is 0.0126. The lowest BCUT2D eigenvalue weighted by molar-refractivity contribution is 0.0988. The van der Waals surface area contributed by atoms with Crippen LogP contribution >= 0.6 is 11.6 Å². The molecule has 26 heavy (non-hydrogen) atoms. The van der Waals surface area contributed by atoms with E-state index in [2.05, 4.69) is 10.5 Å². The average Bonchev–Trinajstić information content (AvgIpc) is 3.06. The molecule has 0 unspecified atom stereocenters. The first kappa shape index (κ1) is 18.2. The molecule has 0 aliphatic carbocycles. The van der Waals surface area contributed by atoms with Crippen molar-refractivity contribution < 1.29 is 17.7 Å². The van der Waals surface area contributed by atoms with Crippen molar-refractivity contribution in [2.75, 3.05) is 11.6 Å². The SMILES string of the molecule is Cc1ccc(-c2cc(C(=O)Nc3cc(S(C)(=O)=O)ccc3Cl)on2)cc1. The number of rotatable bonds is 4. The largest absolute Gasteiger partial charge is 0.350 e. The number of nitrogens with one attached hydrogen (secondary N) is 1. The van der Waals surface area contributed by atoms with Crippen LogP contribution in [0.4, 0.5) is 5.69 Å². The number of nitrogens with zero attached hydrogens (tertiary/aromatic N) is 1. The summed E-state index contributed by atoms with van der Waals surface area (Å²) < 4.78 is 28.4. The Labute approximate surface area is 155 Å². The van der Waals surface area contributed by atoms with Crippen LogP contribution < -0.4 is 5.32 Å². The van der Waals surface area contributed by atoms with Crippen molar-refractivity contribution >= 4 is 33.0 Å². The maximum Gasteiger partial charge on any atom is 0.294 e. The second-order valence-corrected chi connectivity index (χ2v) is 8.23. The molecule has 6 nitrogen and oxygen atoms in total. The Bertz CT molecular complexity index is 1070. The quantitative estimate of drug-likeness (QED) is 0.728. The van der Waals surface area contributed by atoms with Gasteiger partial charge in [0.25, 0.3) is 5.91 Å². The number of hydrogen-bond acceptors (Lipinski definition) is 5. The van der Waals surface area contributed by atoms with Gasteiger partial charge in [-0.25, -0.2) is 8.42 Å². The van der Waals surface area contributed by atoms with Crippen LogP contribution in [-0.2, 0) is 9.84 Å². The van der Waals surface area contributed by atoms with Crippen molar-refractivity contribution in [1.29, 1.82) is 0 Å². The van der Waals surface area contributed by atoms with Crippen LogP contribution in [-0.4, -0.2) is 25.7 Å². The zero-order valence-corrected chi connectivity index (χ0v) is 15.6. The van der Waals surface area contributed by atoms with Gasteiger partial charge in [-0.2, -0.15) is 0 Å². The van der Waals surface area contributed by atoms with E-state index < -0.39 is 15.7 Å². The third-order valence-corrected chi connectivity index (χ3v) is 5.14. The Balaban J connectivity index is 1.84. The van der Waals surface area contributed by atoms with Crippen molar-refractivity contribution in [1.82, 2.24) is 5.16 Å². The van der Waals surface area contributed by atoms with Gasteiger partial charge in [0.1, 0.15) is 5.69 Å². The number of anilines is 1. The Morgan fingerprint density at radius 3 is 2.46 bits per heavy atom. The standard InChI is InChI=1S/C18H15ClN2O4S/c1-11-3-5-12(6-4-11)15-10-17(25-21-15)18(22)20-16-9-13(26(2,23)24)7-8-14(16)19/h3-10H,1-2H3,(H,20,22). The summed E-state index contributed by atoms with van der Waals surface area (Å²) in [6.45, 7) is 1.97. The molecule has 1 N–H and O–H groups in total. The molecule has 0 saturated carbocycles. The molecular weight excluding hydrogens is 376 g/mol. The van der Waals surface area contributed by atoms with Gasteiger partial charge in [-0.05, 0) is 25.1 Å². The molecule has 0 atom stereocenters. The number of hydrogen-bond donors (Lipinski definition) is 1. The van der Waals surface area contributed by atoms with Gasteiger partial charge in [0, 0.05) is 17.9 Å². The minimum atomic E-state index is -3.42. The summed E-state index contributed by atoms with van der Waals surface area (Å²) in [7, 11) is -3.42. The Hall–Kier alpha value is -2.64. The predicted octanol–water partition coefficient (Wildman–Crippen LogP) is 3.96. The lowest BCUT2D eigenvalue weighted by Gasteiger charge is -2.07. The molecule has 1 aromatic heterocycles. The molecule has 1 amide bonds. The van der Waals surface area contributed by atoms with Crippen LogP contribution in [0.1, 0.15) is 16.1 Å². The Kier molecular flexibility index (Phi) is 4.84. The van der Waals surface area contributed by atoms with Gasteiger partial charge in [-0.3, -0.25) is 4.79 Å². The first-order valence-electron chi connectivity index (χ1n) is 7.59. The molecule has 0 spiro atoms. The van der Waals surface area contributed by atoms with Gasteiger partial charge < -0.3 is 9.84 Å². The number of benzene rings is 2. The summed E-state index contributed by atoms with van der Waals surface area (Å²) >= 11 is 6.04. The Morgan fingerprint density at radius 2 is 1.81 bits per heavy atom. The highest BCUT2D eigenvalue weighted by Gasteiger charge is 2.17. The molecule has 134 valence electrons. The lowest BCUT2D eigenvalue weighted by atomic mass is 10.1. The van der Waals surface area contributed by atoms with Gasteiger partial charge in [0.2, 0.25) is 5.76 Å². The van der Waals surface area contributed by atoms with Crippen LogP contribution in [0.3, 0.4) is 0 Å². The summed E-state index contributed by atoms with van der Waals surface area (Å²) in [5, 5.41) is 6.65. The first-order valence-corrected chi connectivity index (χ1v) is 9.86. The third-order valence-electron chi connectivity index (χ3n) is 3.70. The third kappa shape index (κ3) is 3.95. The van der Waals surface area contributed by atoms with Gasteiger partial charge in [-0.15, -0.1) is 0 Å². The second-order valence-electron chi connectivity index (χ2n) is 5.81. The number of sulfone groups is 1. The van der Waals surface area contributed by atoms with Crippen LogP contribution in [0.25, 0.3) is 11.3 Å². The van der Waals surface area contributed by atoms with Gasteiger partial charge >= 0.3 is 0 Å². The highest BCUT2D eigenvalue weighted by Crippen LogP contribution is 2.26. The molecule has 0 radical (unpaired) electrons. The average molecular weight is 391 g/mol. The van der Waals surface area contributed by atoms with Crippen LogP contribution in [0, 0.1) is 6.92 Å². The number of carbonyl (C=O) groups is 1. The van der Waals surface area contributed by atoms with Crippen LogP contribution in [0.2, 0.25) is 5.02 Å². The number of aryl methyl sites for hydroxylation is 1. The molecule has 8 heteroatoms. The topological polar surface area (TPSA) is 89.3 Å². The zero-order chi connectivity index (χ0) is 18.9. The molecule has 3 rings (SSSR count). The highest BCUT2D eigenvalue weighted by atomic mass is 35.5. The Morgan fingerprint density at radius 1 is 1.12 bits per heavy atom. The fourth-order valence-corrected chi connectivity index (χ4v) is 3.07. The van der Waals surface area contributed by atoms with Crippen molar-refractivity contribution in [3.05, 3.63) is 64.9 Å². The zero-order valence-electron chi connectivity index (χ0n) is 14.0. The molecule has 3 aromatic rings. The van der Waals surface area contributed by atoms with Crippen molar-refractivity contribution in [3.8, 4) is 11.3 Å². The molecule has 0 saturated heterocycles. The maximum atomic E-state index is 12.4. The monoisotopic (exact) mass is 390 g/mol. The summed E-state index contributed by atoms with van der Waals surface area (Å²) in [5.41, 5.74) is 2.62. The number of aromatic nitrogens is 1. The fourth-order valence-electron chi connectivity index (χ4n) is 2.26. The van der Waals surface area contributed by atoms with Gasteiger partial charge in [0.15, 0.2) is 9.84 Å². The summed E-state index contributed by atoms with van der Waals surface area (Å²) in [4.78, 5) is 12.4. The van der Waals surface area contributed by atoms with Crippen molar-refractivity contribution in [2.45, 2.75) is 11.8 Å². The van der Waals surface area contributed by atoms with Gasteiger partial charge in [0.05, 0.1) is 15.6 Å². The predicted molar refractivity (Wildman–Crippen MR) is 99.2 cm³/mol. The number of carbonyl (C=O) groups excluding carboxylic acids is 1. The number of halogens is 1. The van der Waals surface area contributed by atoms with E-state index in [-0.39, 0.29) is 21.4 Å². The minimum Gasteiger partial charge on any atom is -0.350 e. The molecule has 0 bridgehead atoms. The van der Waals surface area contributed by atoms with E-state index in [1.54, 1.807) is 0 Å². The van der Waals surface area contributed by atoms with E-state index in [1.807, 2.05) is 31.2 Å². The van der Waals surface area contributed by atoms with E-state index in [9.17, 15) is 13.2 Å². The van der Waals surface area contributed by atoms with E-state index in [4.69, 9.17) is 16.1 Å². The molecule has 0 aliphatic heterocycles. The summed E-state index contributed by atoms with van der Waals surface area (Å²) in [6.07, 6.45) is 1.08. The van der Waals surface area contributed by atoms with E-state index in [0.717, 1.165) is 17.4 Å². The van der Waals surface area contributed by atoms with Crippen LogP contribution in [0.15, 0.2) is 57.9 Å². The lowest BCUT2D eigenvalue weighted by Crippen LogP contribution is -2.12. The molecule has 2 aromatic carbocycles. The molecule has 0 aliphatic rings. The smallest absolute Gasteiger partial charge is 0.294 e. The molecule has 0 fully saturated rings. The second kappa shape index (κ2) is 6.93. The van der Waals surface area contributed by atoms with Gasteiger partial charge in [-0.1, -0.05) is 46.6 Å². The molecular formula is C18H15ClN2O4S. The maximum absolute atomic E-state index is 12.4. The van der Waals surface area contributed by atoms with Crippen LogP contribution in [0.5, 0.6) is 0 Å². The fraction of sp³-hybridized carbons (Fsp3) is 0.111. The van der Waals surface area contributed by atoms with E-state index in [0.29, 0.717) is 5.69 Å². The summed E-state index contributed by atoms with van der Waals surface area (Å²) in [5.74, 6) is -0.593. The van der Waals surface area contributed by atoms with E-state index in [1.165, 1.54) is 24.3 Å².